The molecule has 0 bridgehead atoms. The highest BCUT2D eigenvalue weighted by Gasteiger charge is 2.23. The predicted octanol–water partition coefficient (Wildman–Crippen LogP) is 2.88. The molecule has 0 fully saturated rings. The Morgan fingerprint density at radius 3 is 2.65 bits per heavy atom. The molecule has 0 saturated heterocycles. The normalized spacial score (nSPS) is 11.3. The molecule has 2 rings (SSSR count). The summed E-state index contributed by atoms with van der Waals surface area (Å²) in [5.74, 6) is -0.498. The van der Waals surface area contributed by atoms with E-state index >= 15 is 0 Å². The average molecular weight is 319 g/mol. The SMILES string of the molecule is CCOC(=O)c1cn2cccc(N(C)C(=O)OC(C)(C)C)c2n1. The first kappa shape index (κ1) is 16.8. The first-order chi connectivity index (χ1) is 10.7. The third-order valence-corrected chi connectivity index (χ3v) is 2.98. The highest BCUT2D eigenvalue weighted by molar-refractivity contribution is 5.93. The highest BCUT2D eigenvalue weighted by Crippen LogP contribution is 2.22. The van der Waals surface area contributed by atoms with Crippen molar-refractivity contribution in [3.63, 3.8) is 0 Å². The number of carbonyl (C=O) groups is 2. The summed E-state index contributed by atoms with van der Waals surface area (Å²) in [6.45, 7) is 7.40. The van der Waals surface area contributed by atoms with Crippen LogP contribution in [0.1, 0.15) is 38.2 Å². The Bertz CT molecular complexity index is 730. The number of carbonyl (C=O) groups excluding carboxylic acids is 2. The average Bonchev–Trinajstić information content (AvgIpc) is 2.88. The molecule has 7 heteroatoms. The third kappa shape index (κ3) is 3.80. The number of fused-ring (bicyclic) bond motifs is 1. The number of pyridine rings is 1. The van der Waals surface area contributed by atoms with E-state index in [9.17, 15) is 9.59 Å². The van der Waals surface area contributed by atoms with Crippen LogP contribution in [0.3, 0.4) is 0 Å². The van der Waals surface area contributed by atoms with Crippen molar-refractivity contribution >= 4 is 23.4 Å². The fourth-order valence-corrected chi connectivity index (χ4v) is 1.99. The van der Waals surface area contributed by atoms with Gasteiger partial charge in [-0.15, -0.1) is 0 Å². The number of ether oxygens (including phenoxy) is 2. The van der Waals surface area contributed by atoms with E-state index in [-0.39, 0.29) is 12.3 Å². The Hall–Kier alpha value is -2.57. The van der Waals surface area contributed by atoms with E-state index in [2.05, 4.69) is 4.98 Å². The van der Waals surface area contributed by atoms with Gasteiger partial charge in [-0.1, -0.05) is 0 Å². The molecule has 0 spiro atoms. The van der Waals surface area contributed by atoms with Crippen LogP contribution in [0, 0.1) is 0 Å². The van der Waals surface area contributed by atoms with E-state index in [0.29, 0.717) is 11.3 Å². The second-order valence-corrected chi connectivity index (χ2v) is 6.01. The molecule has 0 saturated carbocycles. The molecule has 2 aromatic heterocycles. The van der Waals surface area contributed by atoms with Crippen molar-refractivity contribution in [1.29, 1.82) is 0 Å². The quantitative estimate of drug-likeness (QED) is 0.813. The van der Waals surface area contributed by atoms with Crippen LogP contribution in [0.2, 0.25) is 0 Å². The molecule has 124 valence electrons. The van der Waals surface area contributed by atoms with Crippen LogP contribution in [0.25, 0.3) is 5.65 Å². The van der Waals surface area contributed by atoms with Gasteiger partial charge in [-0.05, 0) is 39.8 Å². The molecule has 0 aliphatic heterocycles. The Balaban J connectivity index is 2.37. The lowest BCUT2D eigenvalue weighted by molar-refractivity contribution is 0.0519. The number of imidazole rings is 1. The first-order valence-corrected chi connectivity index (χ1v) is 7.34. The van der Waals surface area contributed by atoms with Crippen molar-refractivity contribution < 1.29 is 19.1 Å². The second-order valence-electron chi connectivity index (χ2n) is 6.01. The van der Waals surface area contributed by atoms with Gasteiger partial charge < -0.3 is 13.9 Å². The summed E-state index contributed by atoms with van der Waals surface area (Å²) in [4.78, 5) is 29.7. The number of aromatic nitrogens is 2. The number of amides is 1. The van der Waals surface area contributed by atoms with Gasteiger partial charge >= 0.3 is 12.1 Å². The molecular weight excluding hydrogens is 298 g/mol. The van der Waals surface area contributed by atoms with Gasteiger partial charge in [0.2, 0.25) is 0 Å². The molecule has 23 heavy (non-hydrogen) atoms. The summed E-state index contributed by atoms with van der Waals surface area (Å²) in [5, 5.41) is 0. The minimum absolute atomic E-state index is 0.192. The van der Waals surface area contributed by atoms with Crippen LogP contribution in [0.4, 0.5) is 10.5 Å². The number of esters is 1. The van der Waals surface area contributed by atoms with Crippen LogP contribution in [-0.4, -0.2) is 40.7 Å². The molecule has 0 N–H and O–H groups in total. The maximum absolute atomic E-state index is 12.2. The zero-order chi connectivity index (χ0) is 17.2. The zero-order valence-electron chi connectivity index (χ0n) is 14.0. The molecule has 0 radical (unpaired) electrons. The molecule has 0 aliphatic rings. The van der Waals surface area contributed by atoms with Gasteiger partial charge in [-0.2, -0.15) is 0 Å². The zero-order valence-corrected chi connectivity index (χ0v) is 14.0. The topological polar surface area (TPSA) is 73.1 Å². The number of hydrogen-bond acceptors (Lipinski definition) is 5. The lowest BCUT2D eigenvalue weighted by Gasteiger charge is -2.24. The van der Waals surface area contributed by atoms with Crippen LogP contribution in [-0.2, 0) is 9.47 Å². The van der Waals surface area contributed by atoms with E-state index in [1.54, 1.807) is 63.7 Å². The lowest BCUT2D eigenvalue weighted by atomic mass is 10.2. The van der Waals surface area contributed by atoms with Crippen molar-refractivity contribution in [3.05, 3.63) is 30.2 Å². The van der Waals surface area contributed by atoms with E-state index in [4.69, 9.17) is 9.47 Å². The van der Waals surface area contributed by atoms with Crippen molar-refractivity contribution in [2.24, 2.45) is 0 Å². The van der Waals surface area contributed by atoms with Gasteiger partial charge in [-0.3, -0.25) is 4.90 Å². The van der Waals surface area contributed by atoms with E-state index in [1.165, 1.54) is 4.90 Å². The Labute approximate surface area is 134 Å². The van der Waals surface area contributed by atoms with Crippen molar-refractivity contribution in [1.82, 2.24) is 9.38 Å². The van der Waals surface area contributed by atoms with Crippen LogP contribution in [0.5, 0.6) is 0 Å². The molecule has 2 aromatic rings. The molecule has 0 aromatic carbocycles. The van der Waals surface area contributed by atoms with Crippen LogP contribution < -0.4 is 4.90 Å². The van der Waals surface area contributed by atoms with E-state index in [1.807, 2.05) is 0 Å². The summed E-state index contributed by atoms with van der Waals surface area (Å²) >= 11 is 0. The summed E-state index contributed by atoms with van der Waals surface area (Å²) in [5.41, 5.74) is 0.611. The van der Waals surface area contributed by atoms with E-state index < -0.39 is 17.7 Å². The number of rotatable bonds is 3. The smallest absolute Gasteiger partial charge is 0.414 e. The Morgan fingerprint density at radius 2 is 2.04 bits per heavy atom. The van der Waals surface area contributed by atoms with Gasteiger partial charge in [-0.25, -0.2) is 14.6 Å². The van der Waals surface area contributed by atoms with Gasteiger partial charge in [0.25, 0.3) is 0 Å². The molecule has 2 heterocycles. The summed E-state index contributed by atoms with van der Waals surface area (Å²) in [7, 11) is 1.60. The fourth-order valence-electron chi connectivity index (χ4n) is 1.99. The second kappa shape index (κ2) is 6.28. The van der Waals surface area contributed by atoms with E-state index in [0.717, 1.165) is 0 Å². The minimum Gasteiger partial charge on any atom is -0.461 e. The monoisotopic (exact) mass is 319 g/mol. The van der Waals surface area contributed by atoms with Gasteiger partial charge in [0, 0.05) is 19.4 Å². The molecule has 0 atom stereocenters. The maximum Gasteiger partial charge on any atom is 0.414 e. The van der Waals surface area contributed by atoms with Crippen molar-refractivity contribution in [2.75, 3.05) is 18.6 Å². The van der Waals surface area contributed by atoms with Gasteiger partial charge in [0.15, 0.2) is 11.3 Å². The molecule has 0 unspecified atom stereocenters. The fraction of sp³-hybridized carbons (Fsp3) is 0.438. The molecule has 7 nitrogen and oxygen atoms in total. The number of hydrogen-bond donors (Lipinski definition) is 0. The number of nitrogens with zero attached hydrogens (tertiary/aromatic N) is 3. The summed E-state index contributed by atoms with van der Waals surface area (Å²) < 4.78 is 12.0. The molecule has 0 aliphatic carbocycles. The number of anilines is 1. The van der Waals surface area contributed by atoms with Gasteiger partial charge in [0.05, 0.1) is 12.3 Å². The predicted molar refractivity (Wildman–Crippen MR) is 85.8 cm³/mol. The lowest BCUT2D eigenvalue weighted by Crippen LogP contribution is -2.34. The molecule has 1 amide bonds. The highest BCUT2D eigenvalue weighted by atomic mass is 16.6. The standard InChI is InChI=1S/C16H21N3O4/c1-6-22-14(20)11-10-19-9-7-8-12(13(19)17-11)18(5)15(21)23-16(2,3)4/h7-10H,6H2,1-5H3. The van der Waals surface area contributed by atoms with Crippen LogP contribution in [0.15, 0.2) is 24.5 Å². The minimum atomic E-state index is -0.595. The first-order valence-electron chi connectivity index (χ1n) is 7.34. The van der Waals surface area contributed by atoms with Crippen molar-refractivity contribution in [3.8, 4) is 0 Å². The van der Waals surface area contributed by atoms with Crippen molar-refractivity contribution in [2.45, 2.75) is 33.3 Å². The Kier molecular flexibility index (Phi) is 4.58. The molecular formula is C16H21N3O4. The third-order valence-electron chi connectivity index (χ3n) is 2.98. The Morgan fingerprint density at radius 1 is 1.35 bits per heavy atom. The van der Waals surface area contributed by atoms with Gasteiger partial charge in [0.1, 0.15) is 5.60 Å². The van der Waals surface area contributed by atoms with Crippen LogP contribution >= 0.6 is 0 Å². The maximum atomic E-state index is 12.2. The summed E-state index contributed by atoms with van der Waals surface area (Å²) in [6, 6.07) is 3.50. The largest absolute Gasteiger partial charge is 0.461 e. The summed E-state index contributed by atoms with van der Waals surface area (Å²) in [6.07, 6.45) is 2.82.